The van der Waals surface area contributed by atoms with Crippen LogP contribution >= 0.6 is 15.9 Å². The molecule has 0 fully saturated rings. The van der Waals surface area contributed by atoms with E-state index >= 15 is 0 Å². The molecule has 3 aromatic carbocycles. The van der Waals surface area contributed by atoms with Crippen LogP contribution < -0.4 is 19.5 Å². The molecule has 0 saturated heterocycles. The van der Waals surface area contributed by atoms with Crippen LogP contribution in [0.2, 0.25) is 0 Å². The van der Waals surface area contributed by atoms with Crippen LogP contribution in [-0.4, -0.2) is 25.7 Å². The second-order valence-electron chi connectivity index (χ2n) is 6.21. The maximum atomic E-state index is 12.7. The minimum atomic E-state index is -0.248. The number of halogens is 1. The van der Waals surface area contributed by atoms with Crippen molar-refractivity contribution in [3.05, 3.63) is 95.5 Å². The molecule has 0 aliphatic rings. The van der Waals surface area contributed by atoms with Gasteiger partial charge in [-0.2, -0.15) is 0 Å². The summed E-state index contributed by atoms with van der Waals surface area (Å²) in [6.07, 6.45) is 1.66. The van der Waals surface area contributed by atoms with Crippen LogP contribution in [0.5, 0.6) is 17.2 Å². The maximum absolute atomic E-state index is 12.7. The molecule has 0 atom stereocenters. The minimum Gasteiger partial charge on any atom is -0.490 e. The molecule has 0 radical (unpaired) electrons. The van der Waals surface area contributed by atoms with Gasteiger partial charge in [0.25, 0.3) is 5.91 Å². The van der Waals surface area contributed by atoms with E-state index in [2.05, 4.69) is 27.8 Å². The third-order valence-electron chi connectivity index (χ3n) is 4.04. The summed E-state index contributed by atoms with van der Waals surface area (Å²) in [6, 6.07) is 22.0. The number of anilines is 1. The Morgan fingerprint density at radius 2 is 1.63 bits per heavy atom. The molecule has 1 N–H and O–H groups in total. The van der Waals surface area contributed by atoms with E-state index in [0.29, 0.717) is 47.0 Å². The smallest absolute Gasteiger partial charge is 0.255 e. The molecule has 5 nitrogen and oxygen atoms in total. The van der Waals surface area contributed by atoms with E-state index in [4.69, 9.17) is 14.2 Å². The van der Waals surface area contributed by atoms with Gasteiger partial charge in [0.1, 0.15) is 37.1 Å². The molecule has 3 aromatic rings. The van der Waals surface area contributed by atoms with Crippen molar-refractivity contribution >= 4 is 27.5 Å². The van der Waals surface area contributed by atoms with Gasteiger partial charge >= 0.3 is 0 Å². The summed E-state index contributed by atoms with van der Waals surface area (Å²) >= 11 is 3.43. The Morgan fingerprint density at radius 1 is 0.900 bits per heavy atom. The fourth-order valence-corrected chi connectivity index (χ4v) is 3.12. The summed E-state index contributed by atoms with van der Waals surface area (Å²) in [5, 5.41) is 2.89. The summed E-state index contributed by atoms with van der Waals surface area (Å²) in [4.78, 5) is 12.7. The predicted octanol–water partition coefficient (Wildman–Crippen LogP) is 5.72. The van der Waals surface area contributed by atoms with Crippen molar-refractivity contribution in [1.29, 1.82) is 0 Å². The van der Waals surface area contributed by atoms with Gasteiger partial charge in [0, 0.05) is 5.56 Å². The Hall–Kier alpha value is -3.25. The Kier molecular flexibility index (Phi) is 7.92. The average Bonchev–Trinajstić information content (AvgIpc) is 2.77. The van der Waals surface area contributed by atoms with Crippen molar-refractivity contribution in [3.8, 4) is 17.2 Å². The Balaban J connectivity index is 1.59. The van der Waals surface area contributed by atoms with Crippen LogP contribution in [0.3, 0.4) is 0 Å². The highest BCUT2D eigenvalue weighted by molar-refractivity contribution is 9.10. The average molecular weight is 468 g/mol. The zero-order chi connectivity index (χ0) is 21.2. The lowest BCUT2D eigenvalue weighted by Crippen LogP contribution is -2.14. The first-order chi connectivity index (χ1) is 14.7. The number of hydrogen-bond acceptors (Lipinski definition) is 4. The van der Waals surface area contributed by atoms with Gasteiger partial charge in [-0.15, -0.1) is 0 Å². The normalized spacial score (nSPS) is 10.2. The summed E-state index contributed by atoms with van der Waals surface area (Å²) < 4.78 is 17.6. The number of hydrogen-bond donors (Lipinski definition) is 1. The first kappa shape index (κ1) is 21.5. The highest BCUT2D eigenvalue weighted by atomic mass is 79.9. The highest BCUT2D eigenvalue weighted by Gasteiger charge is 2.12. The van der Waals surface area contributed by atoms with Crippen LogP contribution in [0.15, 0.2) is 89.9 Å². The molecular formula is C24H22BrNO4. The van der Waals surface area contributed by atoms with Gasteiger partial charge in [0.15, 0.2) is 0 Å². The lowest BCUT2D eigenvalue weighted by molar-refractivity contribution is 0.102. The molecule has 0 aliphatic carbocycles. The molecule has 3 rings (SSSR count). The van der Waals surface area contributed by atoms with Crippen LogP contribution in [0.1, 0.15) is 10.4 Å². The van der Waals surface area contributed by atoms with Gasteiger partial charge in [-0.25, -0.2) is 0 Å². The summed E-state index contributed by atoms with van der Waals surface area (Å²) in [5.41, 5.74) is 1.08. The summed E-state index contributed by atoms with van der Waals surface area (Å²) in [7, 11) is 0. The van der Waals surface area contributed by atoms with E-state index in [1.165, 1.54) is 0 Å². The molecular weight excluding hydrogens is 446 g/mol. The van der Waals surface area contributed by atoms with E-state index in [-0.39, 0.29) is 5.91 Å². The van der Waals surface area contributed by atoms with Crippen LogP contribution in [-0.2, 0) is 0 Å². The number of carbonyl (C=O) groups is 1. The fourth-order valence-electron chi connectivity index (χ4n) is 2.63. The summed E-state index contributed by atoms with van der Waals surface area (Å²) in [6.45, 7) is 4.76. The Morgan fingerprint density at radius 3 is 2.40 bits per heavy atom. The molecule has 0 unspecified atom stereocenters. The summed E-state index contributed by atoms with van der Waals surface area (Å²) in [5.74, 6) is 1.76. The fraction of sp³-hybridized carbons (Fsp3) is 0.125. The quantitative estimate of drug-likeness (QED) is 0.305. The van der Waals surface area contributed by atoms with Crippen LogP contribution in [0.4, 0.5) is 5.69 Å². The van der Waals surface area contributed by atoms with E-state index in [1.807, 2.05) is 42.5 Å². The van der Waals surface area contributed by atoms with Crippen LogP contribution in [0.25, 0.3) is 0 Å². The third kappa shape index (κ3) is 6.12. The van der Waals surface area contributed by atoms with Gasteiger partial charge < -0.3 is 19.5 Å². The largest absolute Gasteiger partial charge is 0.490 e. The molecule has 30 heavy (non-hydrogen) atoms. The zero-order valence-corrected chi connectivity index (χ0v) is 17.9. The molecule has 6 heteroatoms. The standard InChI is InChI=1S/C24H22BrNO4/c1-2-14-29-22-13-12-18(17-20(22)25)24(27)26-21-10-6-7-11-23(21)30-16-15-28-19-8-4-3-5-9-19/h2-13,17H,1,14-16H2,(H,26,27). The topological polar surface area (TPSA) is 56.8 Å². The third-order valence-corrected chi connectivity index (χ3v) is 4.66. The van der Waals surface area contributed by atoms with E-state index in [1.54, 1.807) is 36.4 Å². The molecule has 0 aromatic heterocycles. The second-order valence-corrected chi connectivity index (χ2v) is 7.06. The van der Waals surface area contributed by atoms with Gasteiger partial charge in [-0.1, -0.05) is 43.0 Å². The number of para-hydroxylation sites is 3. The van der Waals surface area contributed by atoms with E-state index in [9.17, 15) is 4.79 Å². The van der Waals surface area contributed by atoms with E-state index < -0.39 is 0 Å². The number of rotatable bonds is 10. The Bertz CT molecular complexity index is 992. The second kappa shape index (κ2) is 11.1. The number of carbonyl (C=O) groups excluding carboxylic acids is 1. The molecule has 1 amide bonds. The van der Waals surface area contributed by atoms with Crippen molar-refractivity contribution in [3.63, 3.8) is 0 Å². The number of nitrogens with one attached hydrogen (secondary N) is 1. The maximum Gasteiger partial charge on any atom is 0.255 e. The number of benzene rings is 3. The lowest BCUT2D eigenvalue weighted by atomic mass is 10.2. The Labute approximate surface area is 184 Å². The molecule has 0 aliphatic heterocycles. The molecule has 0 saturated carbocycles. The van der Waals surface area contributed by atoms with Crippen molar-refractivity contribution < 1.29 is 19.0 Å². The van der Waals surface area contributed by atoms with Crippen molar-refractivity contribution in [2.45, 2.75) is 0 Å². The molecule has 154 valence electrons. The monoisotopic (exact) mass is 467 g/mol. The minimum absolute atomic E-state index is 0.248. The number of ether oxygens (including phenoxy) is 3. The molecule has 0 heterocycles. The van der Waals surface area contributed by atoms with Crippen molar-refractivity contribution in [1.82, 2.24) is 0 Å². The first-order valence-electron chi connectivity index (χ1n) is 9.41. The van der Waals surface area contributed by atoms with E-state index in [0.717, 1.165) is 5.75 Å². The van der Waals surface area contributed by atoms with Crippen molar-refractivity contribution in [2.75, 3.05) is 25.1 Å². The SMILES string of the molecule is C=CCOc1ccc(C(=O)Nc2ccccc2OCCOc2ccccc2)cc1Br. The first-order valence-corrected chi connectivity index (χ1v) is 10.2. The van der Waals surface area contributed by atoms with Crippen LogP contribution in [0, 0.1) is 0 Å². The number of amides is 1. The van der Waals surface area contributed by atoms with Gasteiger partial charge in [0.05, 0.1) is 10.2 Å². The lowest BCUT2D eigenvalue weighted by Gasteiger charge is -2.13. The molecule has 0 bridgehead atoms. The van der Waals surface area contributed by atoms with Gasteiger partial charge in [0.2, 0.25) is 0 Å². The zero-order valence-electron chi connectivity index (χ0n) is 16.3. The van der Waals surface area contributed by atoms with Crippen molar-refractivity contribution in [2.24, 2.45) is 0 Å². The highest BCUT2D eigenvalue weighted by Crippen LogP contribution is 2.28. The predicted molar refractivity (Wildman–Crippen MR) is 122 cm³/mol. The van der Waals surface area contributed by atoms with Gasteiger partial charge in [-0.3, -0.25) is 4.79 Å². The molecule has 0 spiro atoms. The van der Waals surface area contributed by atoms with Gasteiger partial charge in [-0.05, 0) is 58.4 Å².